The first-order valence-electron chi connectivity index (χ1n) is 2.54. The van der Waals surface area contributed by atoms with E-state index in [9.17, 15) is 13.2 Å². The Balaban J connectivity index is 2.72. The molecule has 0 radical (unpaired) electrons. The third-order valence-corrected chi connectivity index (χ3v) is 0.823. The Bertz CT molecular complexity index is 244. The molecule has 4 nitrogen and oxygen atoms in total. The zero-order valence-electron chi connectivity index (χ0n) is 5.34. The molecule has 0 unspecified atom stereocenters. The van der Waals surface area contributed by atoms with Crippen molar-refractivity contribution >= 4 is 0 Å². The summed E-state index contributed by atoms with van der Waals surface area (Å²) in [5, 5.41) is 5.96. The summed E-state index contributed by atoms with van der Waals surface area (Å²) in [6.45, 7) is 1.29. The molecule has 1 aromatic heterocycles. The van der Waals surface area contributed by atoms with E-state index in [2.05, 4.69) is 19.7 Å². The second-order valence-corrected chi connectivity index (χ2v) is 1.70. The minimum Gasteiger partial charge on any atom is -0.382 e. The lowest BCUT2D eigenvalue weighted by Gasteiger charge is -2.03. The zero-order chi connectivity index (χ0) is 8.48. The highest BCUT2D eigenvalue weighted by Gasteiger charge is 2.33. The molecule has 0 aliphatic heterocycles. The van der Waals surface area contributed by atoms with Gasteiger partial charge in [0.15, 0.2) is 0 Å². The fraction of sp³-hybridized carbons (Fsp3) is 0.500. The van der Waals surface area contributed by atoms with Crippen molar-refractivity contribution in [2.45, 2.75) is 13.3 Å². The molecule has 0 bridgehead atoms. The van der Waals surface area contributed by atoms with Crippen molar-refractivity contribution in [3.05, 3.63) is 5.69 Å². The van der Waals surface area contributed by atoms with Gasteiger partial charge in [-0.05, 0) is 12.1 Å². The minimum atomic E-state index is -4.75. The van der Waals surface area contributed by atoms with Crippen LogP contribution in [-0.2, 0) is 0 Å². The Morgan fingerprint density at radius 1 is 1.36 bits per heavy atom. The summed E-state index contributed by atoms with van der Waals surface area (Å²) in [5.41, 5.74) is -0.0395. The van der Waals surface area contributed by atoms with E-state index in [-0.39, 0.29) is 5.69 Å². The lowest BCUT2D eigenvalue weighted by atomic mass is 10.5. The van der Waals surface area contributed by atoms with Gasteiger partial charge in [-0.15, -0.1) is 13.2 Å². The first kappa shape index (κ1) is 7.83. The maximum Gasteiger partial charge on any atom is 0.574 e. The maximum atomic E-state index is 11.5. The summed E-state index contributed by atoms with van der Waals surface area (Å²) in [4.78, 5) is 0. The molecule has 0 fully saturated rings. The Morgan fingerprint density at radius 2 is 2.00 bits per heavy atom. The Labute approximate surface area is 58.9 Å². The van der Waals surface area contributed by atoms with Gasteiger partial charge >= 0.3 is 6.36 Å². The summed E-state index contributed by atoms with van der Waals surface area (Å²) >= 11 is 0. The van der Waals surface area contributed by atoms with Gasteiger partial charge in [-0.25, -0.2) is 4.63 Å². The van der Waals surface area contributed by atoms with Crippen molar-refractivity contribution in [1.82, 2.24) is 10.3 Å². The van der Waals surface area contributed by atoms with Crippen LogP contribution in [0.15, 0.2) is 4.63 Å². The summed E-state index contributed by atoms with van der Waals surface area (Å²) in [6.07, 6.45) is -4.75. The summed E-state index contributed by atoms with van der Waals surface area (Å²) in [6, 6.07) is 0. The first-order valence-corrected chi connectivity index (χ1v) is 2.54. The van der Waals surface area contributed by atoms with E-state index in [1.807, 2.05) is 0 Å². The highest BCUT2D eigenvalue weighted by Crippen LogP contribution is 2.22. The van der Waals surface area contributed by atoms with Gasteiger partial charge < -0.3 is 4.74 Å². The Morgan fingerprint density at radius 3 is 2.36 bits per heavy atom. The highest BCUT2D eigenvalue weighted by molar-refractivity contribution is 5.11. The van der Waals surface area contributed by atoms with Crippen LogP contribution < -0.4 is 4.74 Å². The van der Waals surface area contributed by atoms with Crippen molar-refractivity contribution in [3.8, 4) is 5.88 Å². The molecule has 0 atom stereocenters. The lowest BCUT2D eigenvalue weighted by molar-refractivity contribution is -0.276. The highest BCUT2D eigenvalue weighted by atomic mass is 19.4. The standard InChI is InChI=1S/C4H3F3N2O2/c1-2-3(9-11-8-2)10-4(5,6)7/h1H3. The summed E-state index contributed by atoms with van der Waals surface area (Å²) < 4.78 is 41.8. The molecule has 11 heavy (non-hydrogen) atoms. The second kappa shape index (κ2) is 2.40. The number of rotatable bonds is 1. The monoisotopic (exact) mass is 168 g/mol. The molecular formula is C4H3F3N2O2. The van der Waals surface area contributed by atoms with Gasteiger partial charge in [-0.2, -0.15) is 0 Å². The molecule has 0 spiro atoms. The first-order chi connectivity index (χ1) is 4.99. The quantitative estimate of drug-likeness (QED) is 0.633. The molecular weight excluding hydrogens is 165 g/mol. The Hall–Kier alpha value is -1.27. The van der Waals surface area contributed by atoms with Crippen LogP contribution in [0.25, 0.3) is 0 Å². The van der Waals surface area contributed by atoms with Crippen LogP contribution in [0, 0.1) is 6.92 Å². The number of hydrogen-bond donors (Lipinski definition) is 0. The van der Waals surface area contributed by atoms with Crippen molar-refractivity contribution in [2.24, 2.45) is 0 Å². The summed E-state index contributed by atoms with van der Waals surface area (Å²) in [7, 11) is 0. The number of halogens is 3. The third kappa shape index (κ3) is 2.10. The number of nitrogens with zero attached hydrogens (tertiary/aromatic N) is 2. The van der Waals surface area contributed by atoms with Crippen molar-refractivity contribution in [1.29, 1.82) is 0 Å². The van der Waals surface area contributed by atoms with Gasteiger partial charge in [-0.1, -0.05) is 5.16 Å². The molecule has 1 aromatic rings. The minimum absolute atomic E-state index is 0.0395. The van der Waals surface area contributed by atoms with Gasteiger partial charge in [-0.3, -0.25) is 0 Å². The average Bonchev–Trinajstić information content (AvgIpc) is 2.12. The van der Waals surface area contributed by atoms with Crippen LogP contribution >= 0.6 is 0 Å². The molecule has 0 N–H and O–H groups in total. The molecule has 0 amide bonds. The summed E-state index contributed by atoms with van der Waals surface area (Å²) in [5.74, 6) is -0.655. The van der Waals surface area contributed by atoms with Crippen molar-refractivity contribution in [3.63, 3.8) is 0 Å². The second-order valence-electron chi connectivity index (χ2n) is 1.70. The van der Waals surface area contributed by atoms with Crippen LogP contribution in [0.4, 0.5) is 13.2 Å². The van der Waals surface area contributed by atoms with Gasteiger partial charge in [0, 0.05) is 0 Å². The van der Waals surface area contributed by atoms with Crippen LogP contribution in [-0.4, -0.2) is 16.7 Å². The fourth-order valence-electron chi connectivity index (χ4n) is 0.426. The van der Waals surface area contributed by atoms with E-state index in [0.29, 0.717) is 0 Å². The largest absolute Gasteiger partial charge is 0.574 e. The SMILES string of the molecule is Cc1nonc1OC(F)(F)F. The van der Waals surface area contributed by atoms with Crippen LogP contribution in [0.5, 0.6) is 5.88 Å². The van der Waals surface area contributed by atoms with Gasteiger partial charge in [0.2, 0.25) is 0 Å². The molecule has 0 aliphatic carbocycles. The fourth-order valence-corrected chi connectivity index (χ4v) is 0.426. The number of hydrogen-bond acceptors (Lipinski definition) is 4. The molecule has 0 saturated heterocycles. The molecule has 1 rings (SSSR count). The number of aromatic nitrogens is 2. The molecule has 7 heteroatoms. The van der Waals surface area contributed by atoms with E-state index < -0.39 is 12.2 Å². The predicted molar refractivity (Wildman–Crippen MR) is 25.7 cm³/mol. The molecule has 62 valence electrons. The van der Waals surface area contributed by atoms with Gasteiger partial charge in [0.05, 0.1) is 0 Å². The van der Waals surface area contributed by atoms with E-state index in [1.54, 1.807) is 0 Å². The zero-order valence-corrected chi connectivity index (χ0v) is 5.34. The van der Waals surface area contributed by atoms with Crippen molar-refractivity contribution < 1.29 is 22.5 Å². The maximum absolute atomic E-state index is 11.5. The predicted octanol–water partition coefficient (Wildman–Crippen LogP) is 1.28. The van der Waals surface area contributed by atoms with Crippen LogP contribution in [0.3, 0.4) is 0 Å². The lowest BCUT2D eigenvalue weighted by Crippen LogP contribution is -2.17. The van der Waals surface area contributed by atoms with Gasteiger partial charge in [0.25, 0.3) is 5.88 Å². The van der Waals surface area contributed by atoms with Crippen LogP contribution in [0.2, 0.25) is 0 Å². The average molecular weight is 168 g/mol. The van der Waals surface area contributed by atoms with E-state index >= 15 is 0 Å². The van der Waals surface area contributed by atoms with E-state index in [0.717, 1.165) is 0 Å². The number of alkyl halides is 3. The smallest absolute Gasteiger partial charge is 0.382 e. The van der Waals surface area contributed by atoms with Gasteiger partial charge in [0.1, 0.15) is 5.69 Å². The Kier molecular flexibility index (Phi) is 1.71. The molecule has 0 aromatic carbocycles. The normalized spacial score (nSPS) is 11.6. The van der Waals surface area contributed by atoms with Crippen LogP contribution in [0.1, 0.15) is 5.69 Å². The molecule has 1 heterocycles. The van der Waals surface area contributed by atoms with E-state index in [1.165, 1.54) is 6.92 Å². The third-order valence-electron chi connectivity index (χ3n) is 0.823. The number of aryl methyl sites for hydroxylation is 1. The van der Waals surface area contributed by atoms with Crippen molar-refractivity contribution in [2.75, 3.05) is 0 Å². The molecule has 0 aliphatic rings. The number of ether oxygens (including phenoxy) is 1. The molecule has 0 saturated carbocycles. The topological polar surface area (TPSA) is 48.2 Å². The van der Waals surface area contributed by atoms with E-state index in [4.69, 9.17) is 0 Å².